The summed E-state index contributed by atoms with van der Waals surface area (Å²) in [6.07, 6.45) is 3.19. The van der Waals surface area contributed by atoms with E-state index >= 15 is 0 Å². The minimum absolute atomic E-state index is 0.0812. The fraction of sp³-hybridized carbons (Fsp3) is 0.419. The Hall–Kier alpha value is -3.26. The zero-order valence-corrected chi connectivity index (χ0v) is 22.4. The van der Waals surface area contributed by atoms with Gasteiger partial charge in [-0.3, -0.25) is 14.7 Å². The number of benzene rings is 2. The van der Waals surface area contributed by atoms with E-state index in [9.17, 15) is 9.90 Å². The van der Waals surface area contributed by atoms with Gasteiger partial charge in [-0.1, -0.05) is 44.2 Å². The third-order valence-corrected chi connectivity index (χ3v) is 6.58. The Morgan fingerprint density at radius 2 is 1.92 bits per heavy atom. The SMILES string of the molecule is CC(C)C[C@@H](CO)NC(=O)c1ccc2c(c1)Cc1cccc(c1)CN(Cc1ccccn1)CCOCCO2. The molecule has 0 saturated carbocycles. The number of ether oxygens (including phenoxy) is 2. The first-order valence-electron chi connectivity index (χ1n) is 13.5. The minimum atomic E-state index is -0.268. The first kappa shape index (κ1) is 27.8. The number of hydrogen-bond acceptors (Lipinski definition) is 6. The Balaban J connectivity index is 1.55. The molecule has 2 aromatic carbocycles. The van der Waals surface area contributed by atoms with Gasteiger partial charge in [0.25, 0.3) is 5.91 Å². The van der Waals surface area contributed by atoms with Crippen LogP contribution in [0.4, 0.5) is 0 Å². The molecule has 2 N–H and O–H groups in total. The molecule has 1 aromatic heterocycles. The van der Waals surface area contributed by atoms with Crippen molar-refractivity contribution >= 4 is 5.91 Å². The lowest BCUT2D eigenvalue weighted by Gasteiger charge is -2.23. The highest BCUT2D eigenvalue weighted by Crippen LogP contribution is 2.25. The molecule has 7 heteroatoms. The van der Waals surface area contributed by atoms with E-state index in [0.29, 0.717) is 37.7 Å². The second-order valence-electron chi connectivity index (χ2n) is 10.3. The van der Waals surface area contributed by atoms with Crippen molar-refractivity contribution in [3.8, 4) is 5.75 Å². The number of hydrogen-bond donors (Lipinski definition) is 2. The summed E-state index contributed by atoms with van der Waals surface area (Å²) in [7, 11) is 0. The average molecular weight is 518 g/mol. The monoisotopic (exact) mass is 517 g/mol. The van der Waals surface area contributed by atoms with Crippen LogP contribution in [0.25, 0.3) is 0 Å². The summed E-state index contributed by atoms with van der Waals surface area (Å²) in [4.78, 5) is 19.9. The minimum Gasteiger partial charge on any atom is -0.491 e. The molecule has 7 nitrogen and oxygen atoms in total. The van der Waals surface area contributed by atoms with Gasteiger partial charge in [-0.05, 0) is 59.4 Å². The van der Waals surface area contributed by atoms with Gasteiger partial charge in [-0.15, -0.1) is 0 Å². The topological polar surface area (TPSA) is 83.9 Å². The number of pyridine rings is 1. The van der Waals surface area contributed by atoms with Crippen molar-refractivity contribution in [2.45, 2.75) is 45.8 Å². The fourth-order valence-electron chi connectivity index (χ4n) is 4.77. The van der Waals surface area contributed by atoms with E-state index in [-0.39, 0.29) is 18.6 Å². The van der Waals surface area contributed by atoms with Gasteiger partial charge in [0.05, 0.1) is 31.6 Å². The summed E-state index contributed by atoms with van der Waals surface area (Å²) in [6.45, 7) is 7.92. The quantitative estimate of drug-likeness (QED) is 0.488. The molecule has 0 radical (unpaired) electrons. The predicted molar refractivity (Wildman–Crippen MR) is 148 cm³/mol. The molecule has 0 spiro atoms. The van der Waals surface area contributed by atoms with Gasteiger partial charge in [0.2, 0.25) is 0 Å². The van der Waals surface area contributed by atoms with Crippen LogP contribution in [-0.4, -0.2) is 59.9 Å². The maximum absolute atomic E-state index is 13.0. The second kappa shape index (κ2) is 14.0. The highest BCUT2D eigenvalue weighted by atomic mass is 16.5. The molecule has 3 aromatic rings. The van der Waals surface area contributed by atoms with Crippen LogP contribution in [0.5, 0.6) is 5.75 Å². The third-order valence-electron chi connectivity index (χ3n) is 6.58. The van der Waals surface area contributed by atoms with Crippen LogP contribution in [0.1, 0.15) is 53.0 Å². The molecule has 2 bridgehead atoms. The Labute approximate surface area is 225 Å². The molecule has 4 rings (SSSR count). The van der Waals surface area contributed by atoms with Crippen molar-refractivity contribution in [1.82, 2.24) is 15.2 Å². The zero-order chi connectivity index (χ0) is 26.7. The van der Waals surface area contributed by atoms with E-state index in [4.69, 9.17) is 9.47 Å². The van der Waals surface area contributed by atoms with Gasteiger partial charge in [-0.2, -0.15) is 0 Å². The summed E-state index contributed by atoms with van der Waals surface area (Å²) < 4.78 is 12.0. The Morgan fingerprint density at radius 1 is 1.05 bits per heavy atom. The number of fused-ring (bicyclic) bond motifs is 3. The standard InChI is InChI=1S/C31H39N3O4/c1-23(2)16-29(22-35)33-31(36)26-9-10-30-27(19-26)18-24-6-5-7-25(17-24)20-34(12-13-37-14-15-38-30)21-28-8-3-4-11-32-28/h3-11,17,19,23,29,35H,12-16,18,20-22H2,1-2H3,(H,33,36)/t29-/m0/s1. The van der Waals surface area contributed by atoms with E-state index in [0.717, 1.165) is 48.6 Å². The number of rotatable bonds is 7. The smallest absolute Gasteiger partial charge is 0.251 e. The van der Waals surface area contributed by atoms with Crippen LogP contribution in [0, 0.1) is 5.92 Å². The number of nitrogens with zero attached hydrogens (tertiary/aromatic N) is 2. The number of carbonyl (C=O) groups is 1. The van der Waals surface area contributed by atoms with Crippen LogP contribution in [0.3, 0.4) is 0 Å². The van der Waals surface area contributed by atoms with Gasteiger partial charge in [0, 0.05) is 37.8 Å². The lowest BCUT2D eigenvalue weighted by Crippen LogP contribution is -2.38. The molecule has 202 valence electrons. The maximum atomic E-state index is 13.0. The lowest BCUT2D eigenvalue weighted by molar-refractivity contribution is 0.0754. The Kier molecular flexibility index (Phi) is 10.3. The third kappa shape index (κ3) is 8.38. The van der Waals surface area contributed by atoms with Crippen molar-refractivity contribution in [1.29, 1.82) is 0 Å². The summed E-state index contributed by atoms with van der Waals surface area (Å²) in [5.41, 5.74) is 4.91. The Bertz CT molecular complexity index is 1170. The summed E-state index contributed by atoms with van der Waals surface area (Å²) in [6, 6.07) is 19.8. The molecule has 0 unspecified atom stereocenters. The fourth-order valence-corrected chi connectivity index (χ4v) is 4.77. The number of aliphatic hydroxyl groups excluding tert-OH is 1. The molecule has 0 saturated heterocycles. The van der Waals surface area contributed by atoms with E-state index in [1.54, 1.807) is 6.07 Å². The predicted octanol–water partition coefficient (Wildman–Crippen LogP) is 4.22. The molecule has 1 amide bonds. The Morgan fingerprint density at radius 3 is 2.71 bits per heavy atom. The summed E-state index contributed by atoms with van der Waals surface area (Å²) in [5.74, 6) is 0.944. The molecular formula is C31H39N3O4. The van der Waals surface area contributed by atoms with Crippen LogP contribution in [0.2, 0.25) is 0 Å². The number of aromatic nitrogens is 1. The van der Waals surface area contributed by atoms with Gasteiger partial charge in [-0.25, -0.2) is 0 Å². The van der Waals surface area contributed by atoms with Crippen molar-refractivity contribution in [2.75, 3.05) is 33.0 Å². The molecule has 38 heavy (non-hydrogen) atoms. The first-order valence-corrected chi connectivity index (χ1v) is 13.5. The largest absolute Gasteiger partial charge is 0.491 e. The molecule has 1 atom stereocenters. The van der Waals surface area contributed by atoms with E-state index in [1.807, 2.05) is 36.5 Å². The van der Waals surface area contributed by atoms with Crippen LogP contribution in [0.15, 0.2) is 66.9 Å². The average Bonchev–Trinajstić information content (AvgIpc) is 2.91. The molecule has 1 aliphatic rings. The van der Waals surface area contributed by atoms with Crippen LogP contribution < -0.4 is 10.1 Å². The molecule has 0 fully saturated rings. The molecule has 0 aliphatic carbocycles. The number of nitrogens with one attached hydrogen (secondary N) is 1. The number of amides is 1. The molecule has 1 aliphatic heterocycles. The van der Waals surface area contributed by atoms with Gasteiger partial charge in [0.1, 0.15) is 12.4 Å². The number of aliphatic hydroxyl groups is 1. The van der Waals surface area contributed by atoms with Gasteiger partial charge in [0.15, 0.2) is 0 Å². The lowest BCUT2D eigenvalue weighted by atomic mass is 9.99. The molecule has 2 heterocycles. The van der Waals surface area contributed by atoms with Gasteiger partial charge < -0.3 is 19.9 Å². The van der Waals surface area contributed by atoms with Crippen LogP contribution >= 0.6 is 0 Å². The second-order valence-corrected chi connectivity index (χ2v) is 10.3. The maximum Gasteiger partial charge on any atom is 0.251 e. The van der Waals surface area contributed by atoms with Crippen molar-refractivity contribution in [2.24, 2.45) is 5.92 Å². The highest BCUT2D eigenvalue weighted by Gasteiger charge is 2.17. The normalized spacial score (nSPS) is 15.7. The van der Waals surface area contributed by atoms with Crippen molar-refractivity contribution in [3.05, 3.63) is 94.8 Å². The summed E-state index contributed by atoms with van der Waals surface area (Å²) in [5, 5.41) is 12.7. The van der Waals surface area contributed by atoms with E-state index < -0.39 is 0 Å². The number of carbonyl (C=O) groups excluding carboxylic acids is 1. The van der Waals surface area contributed by atoms with Crippen molar-refractivity contribution in [3.63, 3.8) is 0 Å². The van der Waals surface area contributed by atoms with Crippen molar-refractivity contribution < 1.29 is 19.4 Å². The summed E-state index contributed by atoms with van der Waals surface area (Å²) >= 11 is 0. The molecular weight excluding hydrogens is 478 g/mol. The van der Waals surface area contributed by atoms with Crippen LogP contribution in [-0.2, 0) is 24.2 Å². The first-order chi connectivity index (χ1) is 18.5. The van der Waals surface area contributed by atoms with E-state index in [1.165, 1.54) is 5.56 Å². The zero-order valence-electron chi connectivity index (χ0n) is 22.4. The van der Waals surface area contributed by atoms with E-state index in [2.05, 4.69) is 53.3 Å². The van der Waals surface area contributed by atoms with Gasteiger partial charge >= 0.3 is 0 Å². The highest BCUT2D eigenvalue weighted by molar-refractivity contribution is 5.94.